The second kappa shape index (κ2) is 9.41. The van der Waals surface area contributed by atoms with Gasteiger partial charge in [-0.3, -0.25) is 9.59 Å². The molecule has 1 aliphatic rings. The Morgan fingerprint density at radius 2 is 1.72 bits per heavy atom. The van der Waals surface area contributed by atoms with E-state index in [1.54, 1.807) is 19.1 Å². The maximum atomic E-state index is 13.2. The molecule has 36 heavy (non-hydrogen) atoms. The molecule has 0 aromatic heterocycles. The van der Waals surface area contributed by atoms with Crippen LogP contribution in [0.5, 0.6) is 11.5 Å². The predicted octanol–water partition coefficient (Wildman–Crippen LogP) is 5.35. The number of aliphatic hydroxyl groups is 1. The zero-order valence-electron chi connectivity index (χ0n) is 19.3. The van der Waals surface area contributed by atoms with Crippen LogP contribution in [0.3, 0.4) is 0 Å². The third-order valence-electron chi connectivity index (χ3n) is 6.02. The number of aliphatic hydroxyl groups excluding tert-OH is 1. The zero-order chi connectivity index (χ0) is 26.2. The monoisotopic (exact) mass is 497 g/mol. The van der Waals surface area contributed by atoms with Gasteiger partial charge < -0.3 is 19.8 Å². The molecule has 0 spiro atoms. The van der Waals surface area contributed by atoms with E-state index < -0.39 is 35.2 Å². The first-order chi connectivity index (χ1) is 17.0. The average Bonchev–Trinajstić information content (AvgIpc) is 3.08. The number of hydrogen-bond acceptors (Lipinski definition) is 5. The van der Waals surface area contributed by atoms with Crippen LogP contribution in [0.4, 0.5) is 13.2 Å². The van der Waals surface area contributed by atoms with Gasteiger partial charge >= 0.3 is 6.18 Å². The fourth-order valence-electron chi connectivity index (χ4n) is 4.27. The minimum atomic E-state index is -4.58. The molecule has 1 heterocycles. The van der Waals surface area contributed by atoms with Crippen LogP contribution < -0.4 is 4.74 Å². The van der Waals surface area contributed by atoms with E-state index in [1.807, 2.05) is 0 Å². The van der Waals surface area contributed by atoms with Crippen LogP contribution in [-0.2, 0) is 22.3 Å². The Hall–Kier alpha value is -4.27. The van der Waals surface area contributed by atoms with Crippen LogP contribution in [-0.4, -0.2) is 33.9 Å². The minimum absolute atomic E-state index is 0.0561. The molecule has 1 saturated heterocycles. The molecule has 6 nitrogen and oxygen atoms in total. The molecule has 1 atom stereocenters. The first-order valence-electron chi connectivity index (χ1n) is 10.9. The van der Waals surface area contributed by atoms with E-state index in [2.05, 4.69) is 0 Å². The Balaban J connectivity index is 1.84. The summed E-state index contributed by atoms with van der Waals surface area (Å²) in [5.74, 6) is -1.85. The molecule has 1 unspecified atom stereocenters. The molecule has 0 bridgehead atoms. The van der Waals surface area contributed by atoms with Crippen LogP contribution in [0.1, 0.15) is 33.9 Å². The van der Waals surface area contributed by atoms with Gasteiger partial charge in [0.25, 0.3) is 11.7 Å². The van der Waals surface area contributed by atoms with Crippen molar-refractivity contribution in [3.8, 4) is 11.5 Å². The first-order valence-corrected chi connectivity index (χ1v) is 10.9. The highest BCUT2D eigenvalue weighted by Crippen LogP contribution is 2.41. The van der Waals surface area contributed by atoms with Crippen LogP contribution >= 0.6 is 0 Å². The number of Topliss-reactive ketones (excluding diaryl/α,β-unsaturated/α-hetero) is 1. The normalized spacial score (nSPS) is 17.5. The summed E-state index contributed by atoms with van der Waals surface area (Å²) < 4.78 is 44.9. The summed E-state index contributed by atoms with van der Waals surface area (Å²) in [7, 11) is 1.49. The Morgan fingerprint density at radius 3 is 2.33 bits per heavy atom. The maximum absolute atomic E-state index is 13.2. The van der Waals surface area contributed by atoms with Gasteiger partial charge in [0.2, 0.25) is 0 Å². The van der Waals surface area contributed by atoms with Crippen molar-refractivity contribution in [2.75, 3.05) is 7.11 Å². The summed E-state index contributed by atoms with van der Waals surface area (Å²) in [6, 6.07) is 13.8. The highest BCUT2D eigenvalue weighted by molar-refractivity contribution is 6.46. The number of hydrogen-bond donors (Lipinski definition) is 2. The number of methoxy groups -OCH3 is 1. The number of alkyl halides is 3. The summed E-state index contributed by atoms with van der Waals surface area (Å²) in [5, 5.41) is 20.9. The van der Waals surface area contributed by atoms with Crippen LogP contribution in [0, 0.1) is 6.92 Å². The number of benzene rings is 3. The predicted molar refractivity (Wildman–Crippen MR) is 125 cm³/mol. The molecule has 0 saturated carbocycles. The molecule has 3 aromatic rings. The number of phenols is 1. The van der Waals surface area contributed by atoms with Crippen molar-refractivity contribution in [3.63, 3.8) is 0 Å². The topological polar surface area (TPSA) is 87.1 Å². The smallest absolute Gasteiger partial charge is 0.416 e. The summed E-state index contributed by atoms with van der Waals surface area (Å²) >= 11 is 0. The first kappa shape index (κ1) is 24.8. The third kappa shape index (κ3) is 4.64. The molecule has 3 aromatic carbocycles. The van der Waals surface area contributed by atoms with Crippen molar-refractivity contribution in [3.05, 3.63) is 100 Å². The van der Waals surface area contributed by atoms with Crippen LogP contribution in [0.2, 0.25) is 0 Å². The second-order valence-electron chi connectivity index (χ2n) is 8.40. The number of phenolic OH excluding ortho intramolecular Hbond substituents is 1. The molecular weight excluding hydrogens is 475 g/mol. The summed E-state index contributed by atoms with van der Waals surface area (Å²) in [5.41, 5.74) is 0.422. The van der Waals surface area contributed by atoms with E-state index in [-0.39, 0.29) is 29.0 Å². The number of rotatable bonds is 5. The zero-order valence-corrected chi connectivity index (χ0v) is 19.3. The fraction of sp³-hybridized carbons (Fsp3) is 0.185. The van der Waals surface area contributed by atoms with Crippen molar-refractivity contribution >= 4 is 17.4 Å². The van der Waals surface area contributed by atoms with Gasteiger partial charge in [0.15, 0.2) is 0 Å². The van der Waals surface area contributed by atoms with E-state index in [0.717, 1.165) is 17.0 Å². The van der Waals surface area contributed by atoms with Gasteiger partial charge in [-0.2, -0.15) is 13.2 Å². The SMILES string of the molecule is COc1ccc(/C(O)=C2\C(=O)C(=O)N(Cc3cccc(C(F)(F)F)c3)C2c2ccc(O)cc2)cc1C. The van der Waals surface area contributed by atoms with Crippen molar-refractivity contribution in [1.29, 1.82) is 0 Å². The Labute approximate surface area is 204 Å². The highest BCUT2D eigenvalue weighted by Gasteiger charge is 2.46. The van der Waals surface area contributed by atoms with E-state index >= 15 is 0 Å². The number of nitrogens with zero attached hydrogens (tertiary/aromatic N) is 1. The van der Waals surface area contributed by atoms with Crippen molar-refractivity contribution in [2.24, 2.45) is 0 Å². The average molecular weight is 497 g/mol. The van der Waals surface area contributed by atoms with Crippen LogP contribution in [0.15, 0.2) is 72.3 Å². The number of carbonyl (C=O) groups excluding carboxylic acids is 2. The van der Waals surface area contributed by atoms with E-state index in [1.165, 1.54) is 49.6 Å². The number of ketones is 1. The lowest BCUT2D eigenvalue weighted by atomic mass is 9.94. The molecule has 0 radical (unpaired) electrons. The van der Waals surface area contributed by atoms with Gasteiger partial charge in [0.05, 0.1) is 24.3 Å². The van der Waals surface area contributed by atoms with Gasteiger partial charge in [0, 0.05) is 12.1 Å². The molecule has 1 aliphatic heterocycles. The Kier molecular flexibility index (Phi) is 6.49. The standard InChI is InChI=1S/C27H22F3NO5/c1-15-12-18(8-11-21(15)36-2)24(33)22-23(17-6-9-20(32)10-7-17)31(26(35)25(22)34)14-16-4-3-5-19(13-16)27(28,29)30/h3-13,23,32-33H,14H2,1-2H3/b24-22+. The summed E-state index contributed by atoms with van der Waals surface area (Å²) in [6.07, 6.45) is -4.58. The van der Waals surface area contributed by atoms with Crippen molar-refractivity contribution in [2.45, 2.75) is 25.7 Å². The molecule has 2 N–H and O–H groups in total. The van der Waals surface area contributed by atoms with E-state index in [0.29, 0.717) is 16.9 Å². The lowest BCUT2D eigenvalue weighted by Crippen LogP contribution is -2.29. The lowest BCUT2D eigenvalue weighted by molar-refractivity contribution is -0.140. The molecular formula is C27H22F3NO5. The third-order valence-corrected chi connectivity index (χ3v) is 6.02. The Bertz CT molecular complexity index is 1360. The molecule has 9 heteroatoms. The highest BCUT2D eigenvalue weighted by atomic mass is 19.4. The minimum Gasteiger partial charge on any atom is -0.508 e. The van der Waals surface area contributed by atoms with Gasteiger partial charge in [-0.15, -0.1) is 0 Å². The number of halogens is 3. The molecule has 1 amide bonds. The number of amides is 1. The largest absolute Gasteiger partial charge is 0.508 e. The maximum Gasteiger partial charge on any atom is 0.416 e. The van der Waals surface area contributed by atoms with Gasteiger partial charge in [-0.05, 0) is 66.1 Å². The molecule has 1 fully saturated rings. The van der Waals surface area contributed by atoms with Gasteiger partial charge in [-0.1, -0.05) is 24.3 Å². The van der Waals surface area contributed by atoms with Crippen LogP contribution in [0.25, 0.3) is 5.76 Å². The lowest BCUT2D eigenvalue weighted by Gasteiger charge is -2.26. The molecule has 4 rings (SSSR count). The quantitative estimate of drug-likeness (QED) is 0.282. The summed E-state index contributed by atoms with van der Waals surface area (Å²) in [4.78, 5) is 27.4. The fourth-order valence-corrected chi connectivity index (χ4v) is 4.27. The number of likely N-dealkylation sites (tertiary alicyclic amines) is 1. The van der Waals surface area contributed by atoms with Crippen molar-refractivity contribution in [1.82, 2.24) is 4.90 Å². The number of ether oxygens (including phenoxy) is 1. The number of carbonyl (C=O) groups is 2. The van der Waals surface area contributed by atoms with E-state index in [9.17, 15) is 33.0 Å². The van der Waals surface area contributed by atoms with E-state index in [4.69, 9.17) is 4.74 Å². The second-order valence-corrected chi connectivity index (χ2v) is 8.40. The number of aryl methyl sites for hydroxylation is 1. The summed E-state index contributed by atoms with van der Waals surface area (Å²) in [6.45, 7) is 1.44. The molecule has 186 valence electrons. The van der Waals surface area contributed by atoms with Gasteiger partial charge in [-0.25, -0.2) is 0 Å². The Morgan fingerprint density at radius 1 is 1.03 bits per heavy atom. The van der Waals surface area contributed by atoms with Gasteiger partial charge in [0.1, 0.15) is 17.3 Å². The van der Waals surface area contributed by atoms with Crippen molar-refractivity contribution < 1.29 is 37.7 Å². The number of aromatic hydroxyl groups is 1. The molecule has 0 aliphatic carbocycles.